The molecule has 2 aromatic heterocycles. The monoisotopic (exact) mass is 147 g/mol. The van der Waals surface area contributed by atoms with Crippen LogP contribution in [0.5, 0.6) is 0 Å². The van der Waals surface area contributed by atoms with Gasteiger partial charge in [-0.3, -0.25) is 0 Å². The lowest BCUT2D eigenvalue weighted by molar-refractivity contribution is 1.05. The Hall–Kier alpha value is -1.51. The fourth-order valence-electron chi connectivity index (χ4n) is 1.06. The first-order valence-electron chi connectivity index (χ1n) is 3.54. The molecule has 0 atom stereocenters. The van der Waals surface area contributed by atoms with Crippen LogP contribution in [0.25, 0.3) is 0 Å². The smallest absolute Gasteiger partial charge is 0.0921 e. The maximum absolute atomic E-state index is 3.93. The van der Waals surface area contributed by atoms with E-state index in [1.165, 1.54) is 5.69 Å². The molecule has 3 heteroatoms. The highest BCUT2D eigenvalue weighted by atomic mass is 14.9. The fraction of sp³-hybridized carbons (Fsp3) is 0.125. The second-order valence-electron chi connectivity index (χ2n) is 2.45. The zero-order valence-electron chi connectivity index (χ0n) is 6.04. The molecule has 3 nitrogen and oxygen atoms in total. The number of hydrogen-bond donors (Lipinski definition) is 2. The highest BCUT2D eigenvalue weighted by molar-refractivity contribution is 5.12. The van der Waals surface area contributed by atoms with Gasteiger partial charge in [0.05, 0.1) is 6.33 Å². The molecule has 0 aliphatic heterocycles. The van der Waals surface area contributed by atoms with Gasteiger partial charge in [-0.2, -0.15) is 0 Å². The summed E-state index contributed by atoms with van der Waals surface area (Å²) in [6, 6.07) is 4.05. The zero-order valence-corrected chi connectivity index (χ0v) is 6.04. The van der Waals surface area contributed by atoms with Crippen LogP contribution in [-0.4, -0.2) is 15.0 Å². The second kappa shape index (κ2) is 2.62. The van der Waals surface area contributed by atoms with Crippen molar-refractivity contribution in [3.63, 3.8) is 0 Å². The van der Waals surface area contributed by atoms with E-state index in [-0.39, 0.29) is 0 Å². The quantitative estimate of drug-likeness (QED) is 0.661. The molecule has 2 heterocycles. The Morgan fingerprint density at radius 2 is 2.27 bits per heavy atom. The number of hydrogen-bond acceptors (Lipinski definition) is 1. The molecule has 2 aromatic rings. The number of nitrogens with zero attached hydrogens (tertiary/aromatic N) is 1. The predicted molar refractivity (Wildman–Crippen MR) is 42.2 cm³/mol. The summed E-state index contributed by atoms with van der Waals surface area (Å²) in [6.45, 7) is 0. The van der Waals surface area contributed by atoms with Gasteiger partial charge in [-0.15, -0.1) is 0 Å². The number of rotatable bonds is 2. The van der Waals surface area contributed by atoms with E-state index in [0.717, 1.165) is 12.1 Å². The summed E-state index contributed by atoms with van der Waals surface area (Å²) < 4.78 is 0. The lowest BCUT2D eigenvalue weighted by Crippen LogP contribution is -1.86. The summed E-state index contributed by atoms with van der Waals surface area (Å²) in [6.07, 6.45) is 6.35. The molecule has 56 valence electrons. The number of aromatic amines is 2. The van der Waals surface area contributed by atoms with E-state index in [4.69, 9.17) is 0 Å². The number of nitrogens with one attached hydrogen (secondary N) is 2. The van der Waals surface area contributed by atoms with Gasteiger partial charge in [-0.05, 0) is 12.1 Å². The molecule has 0 saturated heterocycles. The van der Waals surface area contributed by atoms with Crippen molar-refractivity contribution in [3.05, 3.63) is 42.2 Å². The van der Waals surface area contributed by atoms with Crippen molar-refractivity contribution in [1.82, 2.24) is 15.0 Å². The van der Waals surface area contributed by atoms with Crippen molar-refractivity contribution in [2.45, 2.75) is 6.42 Å². The van der Waals surface area contributed by atoms with Crippen LogP contribution in [0.15, 0.2) is 30.9 Å². The van der Waals surface area contributed by atoms with Crippen LogP contribution < -0.4 is 0 Å². The highest BCUT2D eigenvalue weighted by Gasteiger charge is 1.95. The van der Waals surface area contributed by atoms with Gasteiger partial charge >= 0.3 is 0 Å². The van der Waals surface area contributed by atoms with Gasteiger partial charge in [0.2, 0.25) is 0 Å². The summed E-state index contributed by atoms with van der Waals surface area (Å²) in [4.78, 5) is 10.1. The van der Waals surface area contributed by atoms with Gasteiger partial charge in [0.1, 0.15) is 0 Å². The zero-order chi connectivity index (χ0) is 7.52. The van der Waals surface area contributed by atoms with Crippen LogP contribution in [-0.2, 0) is 6.42 Å². The lowest BCUT2D eigenvalue weighted by atomic mass is 10.2. The molecular weight excluding hydrogens is 138 g/mol. The second-order valence-corrected chi connectivity index (χ2v) is 2.45. The van der Waals surface area contributed by atoms with Gasteiger partial charge in [0.25, 0.3) is 0 Å². The van der Waals surface area contributed by atoms with Gasteiger partial charge in [-0.25, -0.2) is 4.98 Å². The molecular formula is C8H9N3. The Morgan fingerprint density at radius 1 is 1.27 bits per heavy atom. The maximum Gasteiger partial charge on any atom is 0.0921 e. The summed E-state index contributed by atoms with van der Waals surface area (Å²) in [7, 11) is 0. The first-order chi connectivity index (χ1) is 5.45. The SMILES string of the molecule is c1c[nH]c(Cc2cnc[nH]2)c1. The van der Waals surface area contributed by atoms with Crippen molar-refractivity contribution in [1.29, 1.82) is 0 Å². The topological polar surface area (TPSA) is 44.5 Å². The molecule has 0 aliphatic carbocycles. The molecule has 2 N–H and O–H groups in total. The third-order valence-corrected chi connectivity index (χ3v) is 1.60. The molecule has 0 amide bonds. The number of imidazole rings is 1. The van der Waals surface area contributed by atoms with Gasteiger partial charge in [0.15, 0.2) is 0 Å². The summed E-state index contributed by atoms with van der Waals surface area (Å²) in [5.41, 5.74) is 2.33. The Bertz CT molecular complexity index is 262. The number of aromatic nitrogens is 3. The normalized spacial score (nSPS) is 10.2. The first kappa shape index (κ1) is 6.22. The minimum Gasteiger partial charge on any atom is -0.365 e. The average molecular weight is 147 g/mol. The van der Waals surface area contributed by atoms with E-state index < -0.39 is 0 Å². The Kier molecular flexibility index (Phi) is 1.48. The van der Waals surface area contributed by atoms with E-state index in [1.54, 1.807) is 6.33 Å². The average Bonchev–Trinajstić information content (AvgIpc) is 2.60. The largest absolute Gasteiger partial charge is 0.365 e. The third kappa shape index (κ3) is 1.32. The molecule has 2 rings (SSSR count). The molecule has 0 aliphatic rings. The summed E-state index contributed by atoms with van der Waals surface area (Å²) in [5, 5.41) is 0. The fourth-order valence-corrected chi connectivity index (χ4v) is 1.06. The standard InChI is InChI=1S/C8H9N3/c1-2-7(10-3-1)4-8-5-9-6-11-8/h1-3,5-6,10H,4H2,(H,9,11). The van der Waals surface area contributed by atoms with E-state index >= 15 is 0 Å². The minimum absolute atomic E-state index is 0.896. The van der Waals surface area contributed by atoms with Crippen LogP contribution in [0.2, 0.25) is 0 Å². The molecule has 0 spiro atoms. The molecule has 0 unspecified atom stereocenters. The van der Waals surface area contributed by atoms with Crippen molar-refractivity contribution in [2.75, 3.05) is 0 Å². The van der Waals surface area contributed by atoms with Gasteiger partial charge in [-0.1, -0.05) is 0 Å². The summed E-state index contributed by atoms with van der Waals surface area (Å²) >= 11 is 0. The third-order valence-electron chi connectivity index (χ3n) is 1.60. The molecule has 11 heavy (non-hydrogen) atoms. The molecule has 0 radical (unpaired) electrons. The van der Waals surface area contributed by atoms with Crippen LogP contribution in [0, 0.1) is 0 Å². The molecule has 0 fully saturated rings. The number of H-pyrrole nitrogens is 2. The van der Waals surface area contributed by atoms with Crippen LogP contribution in [0.1, 0.15) is 11.4 Å². The highest BCUT2D eigenvalue weighted by Crippen LogP contribution is 2.02. The minimum atomic E-state index is 0.896. The van der Waals surface area contributed by atoms with Gasteiger partial charge in [0, 0.05) is 30.2 Å². The Labute approximate surface area is 64.5 Å². The van der Waals surface area contributed by atoms with E-state index in [1.807, 2.05) is 18.5 Å². The van der Waals surface area contributed by atoms with E-state index in [9.17, 15) is 0 Å². The predicted octanol–water partition coefficient (Wildman–Crippen LogP) is 1.33. The Balaban J connectivity index is 2.14. The van der Waals surface area contributed by atoms with Crippen molar-refractivity contribution in [3.8, 4) is 0 Å². The Morgan fingerprint density at radius 3 is 2.91 bits per heavy atom. The maximum atomic E-state index is 3.93. The first-order valence-corrected chi connectivity index (χ1v) is 3.54. The van der Waals surface area contributed by atoms with Crippen molar-refractivity contribution in [2.24, 2.45) is 0 Å². The van der Waals surface area contributed by atoms with Crippen LogP contribution >= 0.6 is 0 Å². The molecule has 0 saturated carbocycles. The van der Waals surface area contributed by atoms with Crippen molar-refractivity contribution < 1.29 is 0 Å². The van der Waals surface area contributed by atoms with Gasteiger partial charge < -0.3 is 9.97 Å². The van der Waals surface area contributed by atoms with E-state index in [2.05, 4.69) is 21.0 Å². The molecule has 0 aromatic carbocycles. The lowest BCUT2D eigenvalue weighted by Gasteiger charge is -1.91. The van der Waals surface area contributed by atoms with Crippen LogP contribution in [0.3, 0.4) is 0 Å². The molecule has 0 bridgehead atoms. The van der Waals surface area contributed by atoms with Crippen molar-refractivity contribution >= 4 is 0 Å². The van der Waals surface area contributed by atoms with E-state index in [0.29, 0.717) is 0 Å². The van der Waals surface area contributed by atoms with Crippen LogP contribution in [0.4, 0.5) is 0 Å². The summed E-state index contributed by atoms with van der Waals surface area (Å²) in [5.74, 6) is 0.